The molecule has 26 heavy (non-hydrogen) atoms. The molecule has 0 fully saturated rings. The number of nitrogens with one attached hydrogen (secondary N) is 1. The predicted molar refractivity (Wildman–Crippen MR) is 104 cm³/mol. The van der Waals surface area contributed by atoms with E-state index in [-0.39, 0.29) is 12.6 Å². The van der Waals surface area contributed by atoms with Crippen molar-refractivity contribution in [1.29, 1.82) is 0 Å². The van der Waals surface area contributed by atoms with E-state index in [0.29, 0.717) is 34.0 Å². The third kappa shape index (κ3) is 4.53. The number of rotatable bonds is 6. The molecule has 3 N–H and O–H groups in total. The van der Waals surface area contributed by atoms with Crippen LogP contribution in [0.25, 0.3) is 0 Å². The van der Waals surface area contributed by atoms with Gasteiger partial charge in [-0.25, -0.2) is 0 Å². The average Bonchev–Trinajstić information content (AvgIpc) is 2.61. The number of halogens is 2. The van der Waals surface area contributed by atoms with Crippen LogP contribution in [0, 0.1) is 0 Å². The molecule has 0 aliphatic carbocycles. The highest BCUT2D eigenvalue weighted by Crippen LogP contribution is 2.29. The Bertz CT molecular complexity index is 925. The van der Waals surface area contributed by atoms with E-state index in [1.165, 1.54) is 0 Å². The van der Waals surface area contributed by atoms with Crippen LogP contribution < -0.4 is 20.5 Å². The number of aromatic nitrogens is 3. The second kappa shape index (κ2) is 8.20. The maximum absolute atomic E-state index is 5.92. The summed E-state index contributed by atoms with van der Waals surface area (Å²) in [6.45, 7) is 0.119. The fourth-order valence-corrected chi connectivity index (χ4v) is 2.96. The molecule has 0 aliphatic heterocycles. The first kappa shape index (κ1) is 18.2. The van der Waals surface area contributed by atoms with Gasteiger partial charge in [-0.05, 0) is 46.3 Å². The molecular formula is C17H15BrClN5O2. The topological polar surface area (TPSA) is 95.2 Å². The predicted octanol–water partition coefficient (Wildman–Crippen LogP) is 4.20. The molecule has 3 aromatic rings. The standard InChI is InChI=1S/C17H15BrClN5O2/c1-25-14-5-3-2-4-12(14)21-17-23-15(22-16(20)24-17)9-26-13-7-6-10(19)8-11(13)18/h2-8H,9H2,1H3,(H3,20,21,22,23,24). The summed E-state index contributed by atoms with van der Waals surface area (Å²) in [6.07, 6.45) is 0. The van der Waals surface area contributed by atoms with E-state index in [1.807, 2.05) is 24.3 Å². The van der Waals surface area contributed by atoms with Gasteiger partial charge in [0.25, 0.3) is 0 Å². The number of hydrogen-bond acceptors (Lipinski definition) is 7. The normalized spacial score (nSPS) is 10.4. The maximum Gasteiger partial charge on any atom is 0.232 e. The van der Waals surface area contributed by atoms with Gasteiger partial charge < -0.3 is 20.5 Å². The van der Waals surface area contributed by atoms with Gasteiger partial charge in [0, 0.05) is 5.02 Å². The molecule has 7 nitrogen and oxygen atoms in total. The van der Waals surface area contributed by atoms with E-state index in [0.717, 1.165) is 4.47 Å². The van der Waals surface area contributed by atoms with Gasteiger partial charge in [0.2, 0.25) is 11.9 Å². The summed E-state index contributed by atoms with van der Waals surface area (Å²) in [6, 6.07) is 12.7. The molecule has 0 saturated carbocycles. The first-order valence-corrected chi connectivity index (χ1v) is 8.70. The van der Waals surface area contributed by atoms with Gasteiger partial charge in [0.15, 0.2) is 5.82 Å². The quantitative estimate of drug-likeness (QED) is 0.598. The highest BCUT2D eigenvalue weighted by atomic mass is 79.9. The van der Waals surface area contributed by atoms with Crippen LogP contribution in [0.15, 0.2) is 46.9 Å². The largest absolute Gasteiger partial charge is 0.495 e. The molecule has 2 aromatic carbocycles. The zero-order chi connectivity index (χ0) is 18.5. The molecule has 1 heterocycles. The monoisotopic (exact) mass is 435 g/mol. The van der Waals surface area contributed by atoms with Gasteiger partial charge in [-0.2, -0.15) is 15.0 Å². The van der Waals surface area contributed by atoms with Crippen molar-refractivity contribution >= 4 is 45.1 Å². The summed E-state index contributed by atoms with van der Waals surface area (Å²) in [4.78, 5) is 12.5. The third-order valence-corrected chi connectivity index (χ3v) is 4.16. The molecule has 1 aromatic heterocycles. The minimum atomic E-state index is 0.0890. The number of para-hydroxylation sites is 2. The molecule has 0 unspecified atom stereocenters. The van der Waals surface area contributed by atoms with Crippen molar-refractivity contribution in [2.75, 3.05) is 18.2 Å². The minimum Gasteiger partial charge on any atom is -0.495 e. The molecule has 0 spiro atoms. The number of anilines is 3. The van der Waals surface area contributed by atoms with Crippen molar-refractivity contribution in [3.8, 4) is 11.5 Å². The van der Waals surface area contributed by atoms with Crippen LogP contribution in [0.3, 0.4) is 0 Å². The summed E-state index contributed by atoms with van der Waals surface area (Å²) in [5, 5.41) is 3.68. The highest BCUT2D eigenvalue weighted by Gasteiger charge is 2.09. The number of nitrogen functional groups attached to an aromatic ring is 1. The van der Waals surface area contributed by atoms with E-state index in [4.69, 9.17) is 26.8 Å². The van der Waals surface area contributed by atoms with Crippen molar-refractivity contribution < 1.29 is 9.47 Å². The van der Waals surface area contributed by atoms with Gasteiger partial charge in [-0.15, -0.1) is 0 Å². The van der Waals surface area contributed by atoms with Crippen LogP contribution in [0.1, 0.15) is 5.82 Å². The van der Waals surface area contributed by atoms with Crippen LogP contribution in [0.5, 0.6) is 11.5 Å². The van der Waals surface area contributed by atoms with Crippen LogP contribution in [0.2, 0.25) is 5.02 Å². The van der Waals surface area contributed by atoms with Crippen molar-refractivity contribution in [3.63, 3.8) is 0 Å². The minimum absolute atomic E-state index is 0.0890. The van der Waals surface area contributed by atoms with Crippen LogP contribution in [0.4, 0.5) is 17.6 Å². The number of ether oxygens (including phenoxy) is 2. The van der Waals surface area contributed by atoms with E-state index >= 15 is 0 Å². The van der Waals surface area contributed by atoms with Gasteiger partial charge in [-0.3, -0.25) is 0 Å². The Morgan fingerprint density at radius 3 is 2.69 bits per heavy atom. The molecule has 0 atom stereocenters. The summed E-state index contributed by atoms with van der Waals surface area (Å²) in [7, 11) is 1.59. The fourth-order valence-electron chi connectivity index (χ4n) is 2.16. The van der Waals surface area contributed by atoms with E-state index in [9.17, 15) is 0 Å². The molecule has 9 heteroatoms. The second-order valence-electron chi connectivity index (χ2n) is 5.12. The van der Waals surface area contributed by atoms with E-state index < -0.39 is 0 Å². The molecule has 0 radical (unpaired) electrons. The van der Waals surface area contributed by atoms with Gasteiger partial charge >= 0.3 is 0 Å². The lowest BCUT2D eigenvalue weighted by Gasteiger charge is -2.11. The lowest BCUT2D eigenvalue weighted by Crippen LogP contribution is -2.09. The lowest BCUT2D eigenvalue weighted by molar-refractivity contribution is 0.294. The van der Waals surface area contributed by atoms with E-state index in [2.05, 4.69) is 36.2 Å². The van der Waals surface area contributed by atoms with Crippen LogP contribution >= 0.6 is 27.5 Å². The average molecular weight is 437 g/mol. The Kier molecular flexibility index (Phi) is 5.75. The van der Waals surface area contributed by atoms with Gasteiger partial charge in [0.05, 0.1) is 17.3 Å². The SMILES string of the molecule is COc1ccccc1Nc1nc(N)nc(COc2ccc(Cl)cc2Br)n1. The summed E-state index contributed by atoms with van der Waals surface area (Å²) >= 11 is 9.32. The highest BCUT2D eigenvalue weighted by molar-refractivity contribution is 9.10. The number of hydrogen-bond donors (Lipinski definition) is 2. The second-order valence-corrected chi connectivity index (χ2v) is 6.41. The molecule has 134 valence electrons. The van der Waals surface area contributed by atoms with Gasteiger partial charge in [-0.1, -0.05) is 23.7 Å². The van der Waals surface area contributed by atoms with Crippen molar-refractivity contribution in [1.82, 2.24) is 15.0 Å². The molecule has 0 aliphatic rings. The summed E-state index contributed by atoms with van der Waals surface area (Å²) in [5.41, 5.74) is 6.50. The maximum atomic E-state index is 5.92. The Hall–Kier alpha value is -2.58. The summed E-state index contributed by atoms with van der Waals surface area (Å²) in [5.74, 6) is 2.06. The smallest absolute Gasteiger partial charge is 0.232 e. The molecule has 3 rings (SSSR count). The Morgan fingerprint density at radius 1 is 1.12 bits per heavy atom. The summed E-state index contributed by atoms with van der Waals surface area (Å²) < 4.78 is 11.8. The number of nitrogens with zero attached hydrogens (tertiary/aromatic N) is 3. The van der Waals surface area contributed by atoms with Crippen LogP contribution in [-0.2, 0) is 6.61 Å². The number of nitrogens with two attached hydrogens (primary N) is 1. The third-order valence-electron chi connectivity index (χ3n) is 3.30. The molecule has 0 saturated heterocycles. The Balaban J connectivity index is 1.77. The molecule has 0 amide bonds. The lowest BCUT2D eigenvalue weighted by atomic mass is 10.3. The van der Waals surface area contributed by atoms with Crippen LogP contribution in [-0.4, -0.2) is 22.1 Å². The number of benzene rings is 2. The van der Waals surface area contributed by atoms with Gasteiger partial charge in [0.1, 0.15) is 18.1 Å². The fraction of sp³-hybridized carbons (Fsp3) is 0.118. The van der Waals surface area contributed by atoms with Crippen molar-refractivity contribution in [2.45, 2.75) is 6.61 Å². The first-order chi connectivity index (χ1) is 12.5. The van der Waals surface area contributed by atoms with E-state index in [1.54, 1.807) is 25.3 Å². The van der Waals surface area contributed by atoms with Crippen molar-refractivity contribution in [3.05, 3.63) is 57.8 Å². The Morgan fingerprint density at radius 2 is 1.92 bits per heavy atom. The molecular weight excluding hydrogens is 422 g/mol. The first-order valence-electron chi connectivity index (χ1n) is 7.53. The zero-order valence-electron chi connectivity index (χ0n) is 13.7. The number of methoxy groups -OCH3 is 1. The molecule has 0 bridgehead atoms. The zero-order valence-corrected chi connectivity index (χ0v) is 16.1. The Labute approximate surface area is 163 Å². The van der Waals surface area contributed by atoms with Crippen molar-refractivity contribution in [2.24, 2.45) is 0 Å².